The van der Waals surface area contributed by atoms with Gasteiger partial charge in [-0.3, -0.25) is 0 Å². The molecule has 120 valence electrons. The van der Waals surface area contributed by atoms with Gasteiger partial charge in [0.2, 0.25) is 0 Å². The summed E-state index contributed by atoms with van der Waals surface area (Å²) in [5.74, 6) is 2.92. The smallest absolute Gasteiger partial charge is 0.335 e. The van der Waals surface area contributed by atoms with Gasteiger partial charge in [0, 0.05) is 5.94 Å². The Balaban J connectivity index is 1.50. The maximum Gasteiger partial charge on any atom is 0.335 e. The van der Waals surface area contributed by atoms with Crippen LogP contribution in [-0.4, -0.2) is 23.7 Å². The molecule has 23 heavy (non-hydrogen) atoms. The molecule has 2 heterocycles. The number of carboxylic acids is 1. The number of hydrogen-bond donors (Lipinski definition) is 2. The third kappa shape index (κ3) is 2.91. The van der Waals surface area contributed by atoms with Gasteiger partial charge in [-0.25, -0.2) is 4.79 Å². The molecule has 1 aromatic carbocycles. The first-order valence-corrected chi connectivity index (χ1v) is 9.02. The van der Waals surface area contributed by atoms with Gasteiger partial charge in [-0.05, 0) is 48.0 Å². The molecule has 1 unspecified atom stereocenters. The number of allylic oxidation sites excluding steroid dienone is 1. The van der Waals surface area contributed by atoms with Crippen LogP contribution >= 0.6 is 0 Å². The minimum Gasteiger partial charge on any atom is -0.478 e. The van der Waals surface area contributed by atoms with Crippen molar-refractivity contribution in [2.75, 3.05) is 0 Å². The van der Waals surface area contributed by atoms with Crippen LogP contribution in [0.2, 0.25) is 0 Å². The lowest BCUT2D eigenvalue weighted by Gasteiger charge is -2.28. The van der Waals surface area contributed by atoms with Crippen LogP contribution in [0.25, 0.3) is 0 Å². The second-order valence-corrected chi connectivity index (χ2v) is 7.47. The van der Waals surface area contributed by atoms with Crippen LogP contribution < -0.4 is 5.32 Å². The third-order valence-corrected chi connectivity index (χ3v) is 5.92. The maximum atomic E-state index is 11.5. The van der Waals surface area contributed by atoms with E-state index in [1.165, 1.54) is 49.8 Å². The van der Waals surface area contributed by atoms with Gasteiger partial charge in [0.15, 0.2) is 6.71 Å². The number of fused-ring (bicyclic) bond motifs is 2. The molecule has 1 aliphatic carbocycles. The van der Waals surface area contributed by atoms with Gasteiger partial charge in [0.1, 0.15) is 0 Å². The molecule has 0 amide bonds. The summed E-state index contributed by atoms with van der Waals surface area (Å²) in [5.41, 5.74) is 4.18. The fourth-order valence-electron chi connectivity index (χ4n) is 4.74. The number of carbonyl (C=O) groups is 1. The second kappa shape index (κ2) is 6.07. The third-order valence-electron chi connectivity index (χ3n) is 5.92. The Morgan fingerprint density at radius 3 is 2.87 bits per heavy atom. The van der Waals surface area contributed by atoms with Gasteiger partial charge in [0.05, 0.1) is 5.56 Å². The summed E-state index contributed by atoms with van der Waals surface area (Å²) in [6, 6.07) is 5.73. The van der Waals surface area contributed by atoms with Crippen LogP contribution in [-0.2, 0) is 12.7 Å². The quantitative estimate of drug-likeness (QED) is 0.841. The molecule has 0 saturated heterocycles. The first-order valence-electron chi connectivity index (χ1n) is 9.02. The van der Waals surface area contributed by atoms with Crippen molar-refractivity contribution in [3.8, 4) is 0 Å². The lowest BCUT2D eigenvalue weighted by molar-refractivity contribution is 0.0695. The molecule has 2 N–H and O–H groups in total. The van der Waals surface area contributed by atoms with E-state index >= 15 is 0 Å². The van der Waals surface area contributed by atoms with Crippen molar-refractivity contribution in [2.45, 2.75) is 57.2 Å². The molecule has 1 fully saturated rings. The highest BCUT2D eigenvalue weighted by atomic mass is 16.4. The number of rotatable bonds is 3. The Morgan fingerprint density at radius 1 is 1.26 bits per heavy atom. The zero-order valence-corrected chi connectivity index (χ0v) is 13.6. The monoisotopic (exact) mass is 309 g/mol. The zero-order valence-electron chi connectivity index (χ0n) is 13.6. The van der Waals surface area contributed by atoms with Gasteiger partial charge in [-0.1, -0.05) is 50.2 Å². The maximum absolute atomic E-state index is 11.5. The molecule has 4 heteroatoms. The molecular weight excluding hydrogens is 285 g/mol. The molecule has 0 radical (unpaired) electrons. The van der Waals surface area contributed by atoms with Crippen LogP contribution in [0.3, 0.4) is 0 Å². The second-order valence-electron chi connectivity index (χ2n) is 7.47. The van der Waals surface area contributed by atoms with Crippen LogP contribution in [0, 0.1) is 5.92 Å². The first kappa shape index (κ1) is 14.9. The summed E-state index contributed by atoms with van der Waals surface area (Å²) < 4.78 is 0. The molecule has 3 aliphatic rings. The van der Waals surface area contributed by atoms with Crippen molar-refractivity contribution in [3.63, 3.8) is 0 Å². The molecule has 1 saturated carbocycles. The van der Waals surface area contributed by atoms with Crippen LogP contribution in [0.1, 0.15) is 60.0 Å². The van der Waals surface area contributed by atoms with E-state index in [1.54, 1.807) is 6.07 Å². The highest BCUT2D eigenvalue weighted by Gasteiger charge is 2.36. The van der Waals surface area contributed by atoms with E-state index in [-0.39, 0.29) is 0 Å². The van der Waals surface area contributed by atoms with E-state index in [9.17, 15) is 9.90 Å². The molecule has 2 aliphatic heterocycles. The minimum atomic E-state index is -0.794. The van der Waals surface area contributed by atoms with Crippen molar-refractivity contribution in [1.82, 2.24) is 5.32 Å². The summed E-state index contributed by atoms with van der Waals surface area (Å²) in [6.45, 7) is 0.460. The topological polar surface area (TPSA) is 49.3 Å². The molecule has 0 bridgehead atoms. The van der Waals surface area contributed by atoms with Gasteiger partial charge in [0.25, 0.3) is 0 Å². The lowest BCUT2D eigenvalue weighted by atomic mass is 9.39. The Morgan fingerprint density at radius 2 is 2.09 bits per heavy atom. The largest absolute Gasteiger partial charge is 0.478 e. The van der Waals surface area contributed by atoms with E-state index < -0.39 is 5.97 Å². The van der Waals surface area contributed by atoms with Crippen LogP contribution in [0.4, 0.5) is 0 Å². The first-order chi connectivity index (χ1) is 11.2. The molecule has 4 rings (SSSR count). The van der Waals surface area contributed by atoms with E-state index in [0.29, 0.717) is 18.2 Å². The summed E-state index contributed by atoms with van der Waals surface area (Å²) >= 11 is 0. The number of benzene rings is 1. The zero-order chi connectivity index (χ0) is 15.8. The van der Waals surface area contributed by atoms with Crippen molar-refractivity contribution in [1.29, 1.82) is 0 Å². The summed E-state index contributed by atoms with van der Waals surface area (Å²) in [5, 5.41) is 13.2. The average Bonchev–Trinajstić information content (AvgIpc) is 2.93. The number of carboxylic acid groups (broad SMARTS) is 1. The van der Waals surface area contributed by atoms with E-state index in [4.69, 9.17) is 0 Å². The van der Waals surface area contributed by atoms with E-state index in [0.717, 1.165) is 24.2 Å². The number of nitrogens with one attached hydrogen (secondary N) is 1. The van der Waals surface area contributed by atoms with Gasteiger partial charge >= 0.3 is 5.97 Å². The summed E-state index contributed by atoms with van der Waals surface area (Å²) in [7, 11) is 0. The molecule has 1 aromatic rings. The predicted octanol–water partition coefficient (Wildman–Crippen LogP) is 3.42. The normalized spacial score (nSPS) is 23.7. The SMILES string of the molecule is O=C(O)c1cccc2c1CB1C=C(CC3CCCCC3)NC1C2. The fourth-order valence-corrected chi connectivity index (χ4v) is 4.74. The minimum absolute atomic E-state index is 0.460. The number of aromatic carboxylic acids is 1. The van der Waals surface area contributed by atoms with Crippen molar-refractivity contribution in [3.05, 3.63) is 46.6 Å². The van der Waals surface area contributed by atoms with Gasteiger partial charge in [-0.15, -0.1) is 0 Å². The highest BCUT2D eigenvalue weighted by Crippen LogP contribution is 2.33. The standard InChI is InChI=1S/C19H24BNO2/c22-19(23)16-8-4-7-14-10-18-20(12-17(14)16)11-15(21-18)9-13-5-2-1-3-6-13/h4,7-8,11,13,18,21H,1-3,5-6,9-10,12H2,(H,22,23). The summed E-state index contributed by atoms with van der Waals surface area (Å²) in [4.78, 5) is 11.5. The van der Waals surface area contributed by atoms with E-state index in [2.05, 4.69) is 17.4 Å². The van der Waals surface area contributed by atoms with Crippen LogP contribution in [0.5, 0.6) is 0 Å². The molecule has 1 atom stereocenters. The van der Waals surface area contributed by atoms with Crippen LogP contribution in [0.15, 0.2) is 29.9 Å². The van der Waals surface area contributed by atoms with Gasteiger partial charge in [-0.2, -0.15) is 0 Å². The molecule has 0 aromatic heterocycles. The Labute approximate surface area is 138 Å². The Hall–Kier alpha value is -1.71. The molecule has 0 spiro atoms. The Kier molecular flexibility index (Phi) is 3.92. The van der Waals surface area contributed by atoms with Crippen molar-refractivity contribution >= 4 is 12.7 Å². The summed E-state index contributed by atoms with van der Waals surface area (Å²) in [6.07, 6.45) is 9.93. The Bertz CT molecular complexity index is 649. The van der Waals surface area contributed by atoms with E-state index in [1.807, 2.05) is 6.07 Å². The van der Waals surface area contributed by atoms with Crippen molar-refractivity contribution < 1.29 is 9.90 Å². The fraction of sp³-hybridized carbons (Fsp3) is 0.526. The lowest BCUT2D eigenvalue weighted by Crippen LogP contribution is -2.43. The molecular formula is C19H24BNO2. The van der Waals surface area contributed by atoms with Crippen molar-refractivity contribution in [2.24, 2.45) is 5.92 Å². The predicted molar refractivity (Wildman–Crippen MR) is 92.8 cm³/mol. The highest BCUT2D eigenvalue weighted by molar-refractivity contribution is 6.67. The molecule has 3 nitrogen and oxygen atoms in total. The average molecular weight is 309 g/mol. The van der Waals surface area contributed by atoms with Gasteiger partial charge < -0.3 is 10.4 Å². The number of hydrogen-bond acceptors (Lipinski definition) is 2.